The Hall–Kier alpha value is -4.13. The van der Waals surface area contributed by atoms with Crippen molar-refractivity contribution in [1.29, 1.82) is 0 Å². The number of Topliss-reactive ketones (excluding diaryl/α,β-unsaturated/α-hetero) is 1. The van der Waals surface area contributed by atoms with Crippen molar-refractivity contribution >= 4 is 11.5 Å². The third-order valence-corrected chi connectivity index (χ3v) is 4.68. The number of aromatic nitrogens is 3. The average Bonchev–Trinajstić information content (AvgIpc) is 2.75. The number of nitrogens with one attached hydrogen (secondary N) is 1. The molecular formula is C23H17FN4O2. The fraction of sp³-hybridized carbons (Fsp3) is 0.0435. The second kappa shape index (κ2) is 8.08. The molecule has 0 aliphatic carbocycles. The van der Waals surface area contributed by atoms with E-state index < -0.39 is 5.82 Å². The van der Waals surface area contributed by atoms with Crippen LogP contribution in [0.5, 0.6) is 0 Å². The largest absolute Gasteiger partial charge is 0.397 e. The van der Waals surface area contributed by atoms with Gasteiger partial charge in [-0.25, -0.2) is 9.37 Å². The molecule has 30 heavy (non-hydrogen) atoms. The lowest BCUT2D eigenvalue weighted by Gasteiger charge is -2.11. The summed E-state index contributed by atoms with van der Waals surface area (Å²) >= 11 is 0. The van der Waals surface area contributed by atoms with Gasteiger partial charge in [-0.3, -0.25) is 14.6 Å². The molecule has 0 saturated heterocycles. The highest BCUT2D eigenvalue weighted by Gasteiger charge is 2.17. The molecule has 3 heterocycles. The molecule has 0 radical (unpaired) electrons. The van der Waals surface area contributed by atoms with E-state index in [4.69, 9.17) is 5.73 Å². The number of H-pyrrole nitrogens is 1. The Kier molecular flexibility index (Phi) is 5.17. The van der Waals surface area contributed by atoms with E-state index in [2.05, 4.69) is 15.0 Å². The van der Waals surface area contributed by atoms with Crippen molar-refractivity contribution in [3.05, 3.63) is 101 Å². The molecule has 3 aromatic heterocycles. The van der Waals surface area contributed by atoms with Crippen molar-refractivity contribution in [2.45, 2.75) is 6.42 Å². The predicted octanol–water partition coefficient (Wildman–Crippen LogP) is 3.65. The maximum atomic E-state index is 14.1. The zero-order chi connectivity index (χ0) is 21.1. The fourth-order valence-electron chi connectivity index (χ4n) is 3.23. The van der Waals surface area contributed by atoms with Gasteiger partial charge in [-0.15, -0.1) is 0 Å². The minimum Gasteiger partial charge on any atom is -0.397 e. The number of nitrogens with two attached hydrogens (primary N) is 1. The van der Waals surface area contributed by atoms with Crippen molar-refractivity contribution in [2.24, 2.45) is 0 Å². The quantitative estimate of drug-likeness (QED) is 0.498. The van der Waals surface area contributed by atoms with Gasteiger partial charge in [0.1, 0.15) is 11.5 Å². The van der Waals surface area contributed by atoms with E-state index in [1.54, 1.807) is 61.1 Å². The number of rotatable bonds is 5. The zero-order valence-electron chi connectivity index (χ0n) is 15.8. The van der Waals surface area contributed by atoms with E-state index in [0.717, 1.165) is 0 Å². The molecular weight excluding hydrogens is 383 g/mol. The van der Waals surface area contributed by atoms with Crippen LogP contribution in [0.1, 0.15) is 16.1 Å². The lowest BCUT2D eigenvalue weighted by molar-refractivity contribution is 0.0989. The number of halogens is 1. The Bertz CT molecular complexity index is 1300. The molecule has 7 heteroatoms. The van der Waals surface area contributed by atoms with Gasteiger partial charge in [-0.2, -0.15) is 0 Å². The van der Waals surface area contributed by atoms with E-state index in [1.807, 2.05) is 0 Å². The van der Waals surface area contributed by atoms with Crippen LogP contribution in [0, 0.1) is 5.82 Å². The summed E-state index contributed by atoms with van der Waals surface area (Å²) in [7, 11) is 0. The zero-order valence-corrected chi connectivity index (χ0v) is 15.8. The maximum absolute atomic E-state index is 14.1. The molecule has 4 rings (SSSR count). The normalized spacial score (nSPS) is 10.7. The van der Waals surface area contributed by atoms with E-state index in [1.165, 1.54) is 12.1 Å². The summed E-state index contributed by atoms with van der Waals surface area (Å²) in [5.41, 5.74) is 8.65. The van der Waals surface area contributed by atoms with Crippen LogP contribution in [0.15, 0.2) is 78.0 Å². The van der Waals surface area contributed by atoms with Gasteiger partial charge in [0.25, 0.3) is 0 Å². The predicted molar refractivity (Wildman–Crippen MR) is 112 cm³/mol. The first kappa shape index (κ1) is 19.2. The van der Waals surface area contributed by atoms with Crippen LogP contribution in [-0.4, -0.2) is 20.7 Å². The monoisotopic (exact) mass is 400 g/mol. The number of anilines is 1. The van der Waals surface area contributed by atoms with E-state index in [0.29, 0.717) is 22.4 Å². The molecule has 0 bridgehead atoms. The van der Waals surface area contributed by atoms with Crippen molar-refractivity contribution in [3.63, 3.8) is 0 Å². The Morgan fingerprint density at radius 2 is 1.90 bits per heavy atom. The molecule has 0 atom stereocenters. The molecule has 0 saturated carbocycles. The summed E-state index contributed by atoms with van der Waals surface area (Å²) in [6.07, 6.45) is 4.69. The first-order valence-electron chi connectivity index (χ1n) is 9.19. The van der Waals surface area contributed by atoms with Gasteiger partial charge in [-0.1, -0.05) is 12.1 Å². The fourth-order valence-corrected chi connectivity index (χ4v) is 3.23. The first-order valence-corrected chi connectivity index (χ1v) is 9.19. The standard InChI is InChI=1S/C23H17FN4O2/c24-18-4-2-1-3-17(18)20-6-5-19(25)23(28-20)21(29)11-15-13-26-9-8-16(15)14-7-10-27-22(30)12-14/h1-10,12-13H,11,25H2,(H,27,30). The minimum atomic E-state index is -0.433. The highest BCUT2D eigenvalue weighted by Crippen LogP contribution is 2.26. The van der Waals surface area contributed by atoms with Gasteiger partial charge in [-0.05, 0) is 53.1 Å². The molecule has 0 fully saturated rings. The third-order valence-electron chi connectivity index (χ3n) is 4.68. The van der Waals surface area contributed by atoms with Crippen LogP contribution in [0.25, 0.3) is 22.4 Å². The minimum absolute atomic E-state index is 0.0199. The molecule has 6 nitrogen and oxygen atoms in total. The second-order valence-corrected chi connectivity index (χ2v) is 6.69. The molecule has 0 unspecified atom stereocenters. The van der Waals surface area contributed by atoms with Crippen molar-refractivity contribution in [1.82, 2.24) is 15.0 Å². The highest BCUT2D eigenvalue weighted by molar-refractivity contribution is 6.01. The smallest absolute Gasteiger partial charge is 0.248 e. The summed E-state index contributed by atoms with van der Waals surface area (Å²) in [5.74, 6) is -0.762. The van der Waals surface area contributed by atoms with Crippen LogP contribution in [0.2, 0.25) is 0 Å². The molecule has 0 aliphatic rings. The van der Waals surface area contributed by atoms with Crippen LogP contribution in [-0.2, 0) is 6.42 Å². The Labute approximate surface area is 171 Å². The maximum Gasteiger partial charge on any atom is 0.248 e. The van der Waals surface area contributed by atoms with E-state index in [-0.39, 0.29) is 34.7 Å². The Morgan fingerprint density at radius 1 is 1.07 bits per heavy atom. The number of carbonyl (C=O) groups excluding carboxylic acids is 1. The van der Waals surface area contributed by atoms with Gasteiger partial charge in [0.15, 0.2) is 5.78 Å². The molecule has 0 amide bonds. The SMILES string of the molecule is Nc1ccc(-c2ccccc2F)nc1C(=O)Cc1cnccc1-c1cc[nH]c(=O)c1. The molecule has 0 aliphatic heterocycles. The Balaban J connectivity index is 1.70. The van der Waals surface area contributed by atoms with E-state index >= 15 is 0 Å². The number of pyridine rings is 3. The molecule has 3 N–H and O–H groups in total. The van der Waals surface area contributed by atoms with Crippen molar-refractivity contribution < 1.29 is 9.18 Å². The van der Waals surface area contributed by atoms with Crippen LogP contribution in [0.4, 0.5) is 10.1 Å². The lowest BCUT2D eigenvalue weighted by Crippen LogP contribution is -2.11. The van der Waals surface area contributed by atoms with Crippen molar-refractivity contribution in [2.75, 3.05) is 5.73 Å². The topological polar surface area (TPSA) is 102 Å². The van der Waals surface area contributed by atoms with Gasteiger partial charge in [0.05, 0.1) is 11.4 Å². The number of carbonyl (C=O) groups is 1. The molecule has 4 aromatic rings. The summed E-state index contributed by atoms with van der Waals surface area (Å²) in [6, 6.07) is 14.3. The van der Waals surface area contributed by atoms with E-state index in [9.17, 15) is 14.0 Å². The number of hydrogen-bond acceptors (Lipinski definition) is 5. The summed E-state index contributed by atoms with van der Waals surface area (Å²) in [5, 5.41) is 0. The summed E-state index contributed by atoms with van der Waals surface area (Å²) in [6.45, 7) is 0. The van der Waals surface area contributed by atoms with Gasteiger partial charge >= 0.3 is 0 Å². The number of aromatic amines is 1. The van der Waals surface area contributed by atoms with Gasteiger partial charge < -0.3 is 10.7 Å². The highest BCUT2D eigenvalue weighted by atomic mass is 19.1. The van der Waals surface area contributed by atoms with Crippen LogP contribution >= 0.6 is 0 Å². The third kappa shape index (κ3) is 3.86. The van der Waals surface area contributed by atoms with Crippen LogP contribution < -0.4 is 11.3 Å². The Morgan fingerprint density at radius 3 is 2.70 bits per heavy atom. The number of benzene rings is 1. The average molecular weight is 400 g/mol. The molecule has 1 aromatic carbocycles. The van der Waals surface area contributed by atoms with Gasteiger partial charge in [0.2, 0.25) is 5.56 Å². The summed E-state index contributed by atoms with van der Waals surface area (Å²) in [4.78, 5) is 35.7. The van der Waals surface area contributed by atoms with Crippen LogP contribution in [0.3, 0.4) is 0 Å². The lowest BCUT2D eigenvalue weighted by atomic mass is 9.97. The summed E-state index contributed by atoms with van der Waals surface area (Å²) < 4.78 is 14.1. The number of ketones is 1. The molecule has 148 valence electrons. The number of nitrogen functional groups attached to an aromatic ring is 1. The first-order chi connectivity index (χ1) is 14.5. The second-order valence-electron chi connectivity index (χ2n) is 6.69. The number of hydrogen-bond donors (Lipinski definition) is 2. The van der Waals surface area contributed by atoms with Crippen molar-refractivity contribution in [3.8, 4) is 22.4 Å². The number of nitrogens with zero attached hydrogens (tertiary/aromatic N) is 2. The van der Waals surface area contributed by atoms with Gasteiger partial charge in [0, 0.05) is 36.6 Å². The molecule has 0 spiro atoms.